The average Bonchev–Trinajstić information content (AvgIpc) is 3.01. The highest BCUT2D eigenvalue weighted by Gasteiger charge is 2.21. The number of aromatic nitrogens is 3. The van der Waals surface area contributed by atoms with Gasteiger partial charge in [0.2, 0.25) is 0 Å². The molecule has 0 fully saturated rings. The number of aromatic amines is 1. The normalized spacial score (nSPS) is 10.8. The number of carbonyl (C=O) groups is 2. The van der Waals surface area contributed by atoms with Gasteiger partial charge in [0.1, 0.15) is 30.1 Å². The van der Waals surface area contributed by atoms with Crippen LogP contribution in [0.3, 0.4) is 0 Å². The van der Waals surface area contributed by atoms with Crippen LogP contribution in [-0.4, -0.2) is 38.1 Å². The molecule has 0 saturated carbocycles. The van der Waals surface area contributed by atoms with Crippen molar-refractivity contribution < 1.29 is 23.5 Å². The van der Waals surface area contributed by atoms with Crippen LogP contribution in [0.4, 0.5) is 8.78 Å². The third kappa shape index (κ3) is 2.96. The highest BCUT2D eigenvalue weighted by molar-refractivity contribution is 6.01. The van der Waals surface area contributed by atoms with Gasteiger partial charge in [-0.1, -0.05) is 0 Å². The number of fused-ring (bicyclic) bond motifs is 1. The number of H-pyrrole nitrogens is 1. The number of carbonyl (C=O) groups excluding carboxylic acids is 1. The molecule has 0 bridgehead atoms. The van der Waals surface area contributed by atoms with Crippen LogP contribution < -0.4 is 10.7 Å². The minimum Gasteiger partial charge on any atom is -0.480 e. The highest BCUT2D eigenvalue weighted by Crippen LogP contribution is 2.23. The summed E-state index contributed by atoms with van der Waals surface area (Å²) in [4.78, 5) is 38.8. The lowest BCUT2D eigenvalue weighted by Crippen LogP contribution is -2.33. The summed E-state index contributed by atoms with van der Waals surface area (Å²) < 4.78 is 28.3. The zero-order chi connectivity index (χ0) is 18.1. The summed E-state index contributed by atoms with van der Waals surface area (Å²) in [5.41, 5.74) is -1.34. The van der Waals surface area contributed by atoms with Gasteiger partial charge in [0.05, 0.1) is 5.69 Å². The van der Waals surface area contributed by atoms with E-state index >= 15 is 0 Å². The summed E-state index contributed by atoms with van der Waals surface area (Å²) in [5.74, 6) is -3.88. The minimum atomic E-state index is -1.28. The van der Waals surface area contributed by atoms with Crippen LogP contribution in [0.25, 0.3) is 16.9 Å². The van der Waals surface area contributed by atoms with Crippen LogP contribution in [-0.2, 0) is 4.79 Å². The SMILES string of the molecule is O=C(O)CNC(=O)c1c(=O)cc(-c2ccc(F)cc2F)n2[nH]cnc12. The van der Waals surface area contributed by atoms with E-state index in [2.05, 4.69) is 15.4 Å². The topological polar surface area (TPSA) is 117 Å². The third-order valence-corrected chi connectivity index (χ3v) is 3.40. The largest absolute Gasteiger partial charge is 0.480 e. The molecule has 3 rings (SSSR count). The van der Waals surface area contributed by atoms with E-state index in [9.17, 15) is 23.2 Å². The zero-order valence-corrected chi connectivity index (χ0v) is 12.4. The van der Waals surface area contributed by atoms with E-state index < -0.39 is 41.0 Å². The molecule has 0 atom stereocenters. The second-order valence-corrected chi connectivity index (χ2v) is 5.02. The lowest BCUT2D eigenvalue weighted by atomic mass is 10.1. The molecular formula is C15H10F2N4O4. The summed E-state index contributed by atoms with van der Waals surface area (Å²) >= 11 is 0. The average molecular weight is 348 g/mol. The van der Waals surface area contributed by atoms with Crippen molar-refractivity contribution in [2.75, 3.05) is 6.54 Å². The Kier molecular flexibility index (Phi) is 4.01. The maximum Gasteiger partial charge on any atom is 0.322 e. The molecule has 0 unspecified atom stereocenters. The van der Waals surface area contributed by atoms with Crippen LogP contribution in [0.2, 0.25) is 0 Å². The number of nitrogens with one attached hydrogen (secondary N) is 2. The summed E-state index contributed by atoms with van der Waals surface area (Å²) in [7, 11) is 0. The van der Waals surface area contributed by atoms with Crippen molar-refractivity contribution in [3.05, 3.63) is 58.0 Å². The molecule has 0 aliphatic heterocycles. The van der Waals surface area contributed by atoms with E-state index in [0.29, 0.717) is 6.07 Å². The van der Waals surface area contributed by atoms with E-state index in [0.717, 1.165) is 18.2 Å². The van der Waals surface area contributed by atoms with Crippen molar-refractivity contribution >= 4 is 17.5 Å². The smallest absolute Gasteiger partial charge is 0.322 e. The Morgan fingerprint density at radius 1 is 1.28 bits per heavy atom. The molecule has 2 heterocycles. The number of hydrogen-bond donors (Lipinski definition) is 3. The van der Waals surface area contributed by atoms with Gasteiger partial charge in [0.15, 0.2) is 11.1 Å². The number of hydrogen-bond acceptors (Lipinski definition) is 4. The van der Waals surface area contributed by atoms with Gasteiger partial charge < -0.3 is 10.4 Å². The first-order valence-corrected chi connectivity index (χ1v) is 6.93. The molecule has 0 aliphatic rings. The molecule has 10 heteroatoms. The Hall–Kier alpha value is -3.56. The first-order chi connectivity index (χ1) is 11.9. The monoisotopic (exact) mass is 348 g/mol. The highest BCUT2D eigenvalue weighted by atomic mass is 19.1. The van der Waals surface area contributed by atoms with Crippen molar-refractivity contribution in [2.45, 2.75) is 0 Å². The lowest BCUT2D eigenvalue weighted by Gasteiger charge is -2.09. The molecule has 0 saturated heterocycles. The van der Waals surface area contributed by atoms with Gasteiger partial charge in [-0.25, -0.2) is 18.3 Å². The van der Waals surface area contributed by atoms with E-state index in [4.69, 9.17) is 5.11 Å². The number of benzene rings is 1. The van der Waals surface area contributed by atoms with Gasteiger partial charge in [-0.05, 0) is 12.1 Å². The number of amides is 1. The summed E-state index contributed by atoms with van der Waals surface area (Å²) in [6, 6.07) is 3.82. The van der Waals surface area contributed by atoms with Gasteiger partial charge in [-0.2, -0.15) is 0 Å². The molecule has 3 N–H and O–H groups in total. The molecule has 0 spiro atoms. The van der Waals surface area contributed by atoms with Gasteiger partial charge in [0.25, 0.3) is 5.91 Å². The van der Waals surface area contributed by atoms with E-state index in [1.807, 2.05) is 0 Å². The lowest BCUT2D eigenvalue weighted by molar-refractivity contribution is -0.135. The standard InChI is InChI=1S/C15H10F2N4O4/c16-7-1-2-8(9(17)3-7)10-4-11(22)13(14-19-6-20-21(10)14)15(25)18-5-12(23)24/h1-4,6H,5H2,(H,18,25)(H,19,20)(H,23,24). The maximum atomic E-state index is 14.0. The summed E-state index contributed by atoms with van der Waals surface area (Å²) in [5, 5.41) is 13.3. The Morgan fingerprint density at radius 2 is 2.04 bits per heavy atom. The van der Waals surface area contributed by atoms with E-state index in [1.165, 1.54) is 10.8 Å². The third-order valence-electron chi connectivity index (χ3n) is 3.40. The Balaban J connectivity index is 2.18. The van der Waals surface area contributed by atoms with Crippen LogP contribution in [0.15, 0.2) is 35.4 Å². The van der Waals surface area contributed by atoms with Crippen LogP contribution in [0.1, 0.15) is 10.4 Å². The van der Waals surface area contributed by atoms with Gasteiger partial charge >= 0.3 is 5.97 Å². The zero-order valence-electron chi connectivity index (χ0n) is 12.4. The number of aliphatic carboxylic acids is 1. The number of halogens is 2. The molecule has 1 aromatic carbocycles. The molecule has 0 radical (unpaired) electrons. The molecule has 3 aromatic rings. The van der Waals surface area contributed by atoms with Crippen LogP contribution >= 0.6 is 0 Å². The predicted octanol–water partition coefficient (Wildman–Crippen LogP) is 0.782. The van der Waals surface area contributed by atoms with Gasteiger partial charge in [-0.15, -0.1) is 0 Å². The fraction of sp³-hybridized carbons (Fsp3) is 0.0667. The van der Waals surface area contributed by atoms with Crippen molar-refractivity contribution in [3.63, 3.8) is 0 Å². The fourth-order valence-electron chi connectivity index (χ4n) is 2.35. The molecule has 25 heavy (non-hydrogen) atoms. The Labute approximate surface area is 137 Å². The van der Waals surface area contributed by atoms with Crippen LogP contribution in [0.5, 0.6) is 0 Å². The molecule has 128 valence electrons. The molecule has 2 aromatic heterocycles. The first-order valence-electron chi connectivity index (χ1n) is 6.93. The number of carboxylic acid groups (broad SMARTS) is 1. The van der Waals surface area contributed by atoms with Crippen molar-refractivity contribution in [3.8, 4) is 11.3 Å². The molecule has 0 aliphatic carbocycles. The molecular weight excluding hydrogens is 338 g/mol. The Bertz CT molecular complexity index is 1060. The number of carboxylic acids is 1. The summed E-state index contributed by atoms with van der Waals surface area (Å²) in [6.45, 7) is -0.677. The van der Waals surface area contributed by atoms with E-state index in [-0.39, 0.29) is 16.9 Å². The second-order valence-electron chi connectivity index (χ2n) is 5.02. The molecule has 1 amide bonds. The fourth-order valence-corrected chi connectivity index (χ4v) is 2.35. The number of rotatable bonds is 4. The van der Waals surface area contributed by atoms with Crippen molar-refractivity contribution in [2.24, 2.45) is 0 Å². The quantitative estimate of drug-likeness (QED) is 0.644. The van der Waals surface area contributed by atoms with Gasteiger partial charge in [-0.3, -0.25) is 19.5 Å². The predicted molar refractivity (Wildman–Crippen MR) is 81.1 cm³/mol. The maximum absolute atomic E-state index is 14.0. The second kappa shape index (κ2) is 6.15. The van der Waals surface area contributed by atoms with E-state index in [1.54, 1.807) is 0 Å². The summed E-state index contributed by atoms with van der Waals surface area (Å²) in [6.07, 6.45) is 1.17. The Morgan fingerprint density at radius 3 is 2.72 bits per heavy atom. The van der Waals surface area contributed by atoms with Crippen LogP contribution in [0, 0.1) is 11.6 Å². The van der Waals surface area contributed by atoms with Crippen molar-refractivity contribution in [1.82, 2.24) is 19.9 Å². The van der Waals surface area contributed by atoms with Gasteiger partial charge in [0, 0.05) is 17.7 Å². The minimum absolute atomic E-state index is 0.0322. The number of pyridine rings is 1. The number of nitrogens with zero attached hydrogens (tertiary/aromatic N) is 2. The van der Waals surface area contributed by atoms with Crippen molar-refractivity contribution in [1.29, 1.82) is 0 Å². The first kappa shape index (κ1) is 16.3. The molecule has 8 nitrogen and oxygen atoms in total.